The molecule has 0 radical (unpaired) electrons. The fourth-order valence-corrected chi connectivity index (χ4v) is 2.80. The zero-order chi connectivity index (χ0) is 10.6. The van der Waals surface area contributed by atoms with E-state index in [9.17, 15) is 13.2 Å². The van der Waals surface area contributed by atoms with Crippen LogP contribution in [0.3, 0.4) is 0 Å². The number of sulfone groups is 1. The third kappa shape index (κ3) is 3.78. The molecule has 0 atom stereocenters. The van der Waals surface area contributed by atoms with Crippen LogP contribution in [0.5, 0.6) is 0 Å². The van der Waals surface area contributed by atoms with Crippen LogP contribution in [0.25, 0.3) is 0 Å². The number of rotatable bonds is 3. The number of hydrogen-bond acceptors (Lipinski definition) is 4. The highest BCUT2D eigenvalue weighted by molar-refractivity contribution is 7.91. The summed E-state index contributed by atoms with van der Waals surface area (Å²) in [5, 5.41) is 11.2. The van der Waals surface area contributed by atoms with Crippen LogP contribution < -0.4 is 5.32 Å². The molecular formula is C8H13NO4S. The molecule has 1 fully saturated rings. The summed E-state index contributed by atoms with van der Waals surface area (Å²) in [5.41, 5.74) is 0. The summed E-state index contributed by atoms with van der Waals surface area (Å²) < 4.78 is 22.1. The normalized spacial score (nSPS) is 22.3. The molecule has 1 rings (SSSR count). The maximum absolute atomic E-state index is 11.0. The molecule has 0 spiro atoms. The first-order chi connectivity index (χ1) is 6.49. The zero-order valence-electron chi connectivity index (χ0n) is 7.64. The first-order valence-corrected chi connectivity index (χ1v) is 6.18. The van der Waals surface area contributed by atoms with Crippen LogP contribution in [0.15, 0.2) is 12.3 Å². The summed E-state index contributed by atoms with van der Waals surface area (Å²) in [7, 11) is -2.84. The molecule has 0 aromatic rings. The lowest BCUT2D eigenvalue weighted by molar-refractivity contribution is -0.131. The second-order valence-electron chi connectivity index (χ2n) is 3.26. The van der Waals surface area contributed by atoms with E-state index < -0.39 is 15.8 Å². The monoisotopic (exact) mass is 219 g/mol. The highest BCUT2D eigenvalue weighted by Crippen LogP contribution is 2.11. The molecule has 1 heterocycles. The van der Waals surface area contributed by atoms with E-state index in [1.54, 1.807) is 0 Å². The summed E-state index contributed by atoms with van der Waals surface area (Å²) in [4.78, 5) is 10.1. The average molecular weight is 219 g/mol. The van der Waals surface area contributed by atoms with E-state index in [0.717, 1.165) is 6.08 Å². The number of nitrogens with one attached hydrogen (secondary N) is 1. The highest BCUT2D eigenvalue weighted by atomic mass is 32.2. The Morgan fingerprint density at radius 3 is 2.43 bits per heavy atom. The lowest BCUT2D eigenvalue weighted by atomic mass is 10.2. The highest BCUT2D eigenvalue weighted by Gasteiger charge is 2.22. The molecule has 80 valence electrons. The van der Waals surface area contributed by atoms with Crippen LogP contribution >= 0.6 is 0 Å². The quantitative estimate of drug-likeness (QED) is 0.640. The molecule has 0 saturated carbocycles. The molecule has 0 aliphatic carbocycles. The van der Waals surface area contributed by atoms with Crippen LogP contribution in [0.2, 0.25) is 0 Å². The van der Waals surface area contributed by atoms with Gasteiger partial charge >= 0.3 is 5.97 Å². The maximum Gasteiger partial charge on any atom is 0.329 e. The van der Waals surface area contributed by atoms with Gasteiger partial charge in [-0.25, -0.2) is 13.2 Å². The average Bonchev–Trinajstić information content (AvgIpc) is 2.07. The van der Waals surface area contributed by atoms with E-state index in [0.29, 0.717) is 12.8 Å². The summed E-state index contributed by atoms with van der Waals surface area (Å²) in [6.07, 6.45) is 3.45. The lowest BCUT2D eigenvalue weighted by Gasteiger charge is -2.21. The van der Waals surface area contributed by atoms with Crippen molar-refractivity contribution in [1.82, 2.24) is 5.32 Å². The molecular weight excluding hydrogens is 206 g/mol. The van der Waals surface area contributed by atoms with Gasteiger partial charge in [0.1, 0.15) is 9.84 Å². The topological polar surface area (TPSA) is 83.5 Å². The minimum atomic E-state index is -2.84. The molecule has 0 aromatic heterocycles. The number of carbonyl (C=O) groups is 1. The van der Waals surface area contributed by atoms with Crippen LogP contribution in [0.4, 0.5) is 0 Å². The van der Waals surface area contributed by atoms with Crippen molar-refractivity contribution in [3.8, 4) is 0 Å². The van der Waals surface area contributed by atoms with Gasteiger partial charge in [0, 0.05) is 18.3 Å². The van der Waals surface area contributed by atoms with Gasteiger partial charge in [-0.3, -0.25) is 0 Å². The van der Waals surface area contributed by atoms with Crippen molar-refractivity contribution in [3.05, 3.63) is 12.3 Å². The molecule has 14 heavy (non-hydrogen) atoms. The Kier molecular flexibility index (Phi) is 3.51. The first kappa shape index (κ1) is 11.0. The van der Waals surface area contributed by atoms with Crippen molar-refractivity contribution in [2.75, 3.05) is 11.5 Å². The Bertz CT molecular complexity index is 319. The molecule has 0 amide bonds. The van der Waals surface area contributed by atoms with Crippen molar-refractivity contribution in [2.24, 2.45) is 0 Å². The van der Waals surface area contributed by atoms with Gasteiger partial charge in [-0.15, -0.1) is 0 Å². The number of carboxylic acid groups (broad SMARTS) is 1. The molecule has 1 aliphatic heterocycles. The molecule has 1 aliphatic rings. The van der Waals surface area contributed by atoms with Gasteiger partial charge in [0.25, 0.3) is 0 Å². The van der Waals surface area contributed by atoms with Crippen molar-refractivity contribution in [3.63, 3.8) is 0 Å². The Balaban J connectivity index is 2.33. The third-order valence-electron chi connectivity index (χ3n) is 2.11. The predicted octanol–water partition coefficient (Wildman–Crippen LogP) is -0.249. The van der Waals surface area contributed by atoms with Crippen LogP contribution in [0, 0.1) is 0 Å². The number of hydrogen-bond donors (Lipinski definition) is 2. The SMILES string of the molecule is O=C(O)/C=C/NC1CCS(=O)(=O)CC1. The molecule has 0 bridgehead atoms. The first-order valence-electron chi connectivity index (χ1n) is 4.35. The lowest BCUT2D eigenvalue weighted by Crippen LogP contribution is -2.34. The minimum Gasteiger partial charge on any atom is -0.478 e. The summed E-state index contributed by atoms with van der Waals surface area (Å²) in [6, 6.07) is 0.0779. The van der Waals surface area contributed by atoms with Gasteiger partial charge in [-0.05, 0) is 12.8 Å². The van der Waals surface area contributed by atoms with E-state index in [4.69, 9.17) is 5.11 Å². The second kappa shape index (κ2) is 4.45. The molecule has 6 heteroatoms. The smallest absolute Gasteiger partial charge is 0.329 e. The fraction of sp³-hybridized carbons (Fsp3) is 0.625. The Labute approximate surface area is 82.7 Å². The standard InChI is InChI=1S/C8H13NO4S/c10-8(11)1-4-9-7-2-5-14(12,13)6-3-7/h1,4,7,9H,2-3,5-6H2,(H,10,11)/b4-1+. The number of carboxylic acids is 1. The van der Waals surface area contributed by atoms with Gasteiger partial charge in [-0.2, -0.15) is 0 Å². The summed E-state index contributed by atoms with van der Waals surface area (Å²) >= 11 is 0. The van der Waals surface area contributed by atoms with E-state index in [-0.39, 0.29) is 17.5 Å². The van der Waals surface area contributed by atoms with Gasteiger partial charge in [0.05, 0.1) is 11.5 Å². The summed E-state index contributed by atoms with van der Waals surface area (Å²) in [5.74, 6) is -0.641. The zero-order valence-corrected chi connectivity index (χ0v) is 8.46. The minimum absolute atomic E-state index is 0.0779. The Morgan fingerprint density at radius 1 is 1.36 bits per heavy atom. The van der Waals surface area contributed by atoms with Crippen LogP contribution in [0.1, 0.15) is 12.8 Å². The van der Waals surface area contributed by atoms with Gasteiger partial charge in [0.2, 0.25) is 0 Å². The largest absolute Gasteiger partial charge is 0.478 e. The van der Waals surface area contributed by atoms with Gasteiger partial charge < -0.3 is 10.4 Å². The van der Waals surface area contributed by atoms with E-state index >= 15 is 0 Å². The molecule has 1 saturated heterocycles. The predicted molar refractivity (Wildman–Crippen MR) is 51.6 cm³/mol. The van der Waals surface area contributed by atoms with Crippen LogP contribution in [-0.4, -0.2) is 37.0 Å². The van der Waals surface area contributed by atoms with Gasteiger partial charge in [-0.1, -0.05) is 0 Å². The molecule has 5 nitrogen and oxygen atoms in total. The van der Waals surface area contributed by atoms with Crippen LogP contribution in [-0.2, 0) is 14.6 Å². The molecule has 0 unspecified atom stereocenters. The van der Waals surface area contributed by atoms with E-state index in [2.05, 4.69) is 5.32 Å². The number of aliphatic carboxylic acids is 1. The van der Waals surface area contributed by atoms with E-state index in [1.807, 2.05) is 0 Å². The van der Waals surface area contributed by atoms with Crippen molar-refractivity contribution < 1.29 is 18.3 Å². The Morgan fingerprint density at radius 2 is 1.93 bits per heavy atom. The van der Waals surface area contributed by atoms with Crippen molar-refractivity contribution in [1.29, 1.82) is 0 Å². The second-order valence-corrected chi connectivity index (χ2v) is 5.57. The van der Waals surface area contributed by atoms with Crippen molar-refractivity contribution >= 4 is 15.8 Å². The van der Waals surface area contributed by atoms with E-state index in [1.165, 1.54) is 6.20 Å². The summed E-state index contributed by atoms with van der Waals surface area (Å²) in [6.45, 7) is 0. The Hall–Kier alpha value is -1.04. The molecule has 2 N–H and O–H groups in total. The third-order valence-corrected chi connectivity index (χ3v) is 3.83. The maximum atomic E-state index is 11.0. The van der Waals surface area contributed by atoms with Crippen molar-refractivity contribution in [2.45, 2.75) is 18.9 Å². The fourth-order valence-electron chi connectivity index (χ4n) is 1.31. The molecule has 0 aromatic carbocycles. The van der Waals surface area contributed by atoms with Gasteiger partial charge in [0.15, 0.2) is 0 Å².